The van der Waals surface area contributed by atoms with E-state index in [1.807, 2.05) is 13.0 Å². The van der Waals surface area contributed by atoms with E-state index in [0.717, 1.165) is 25.9 Å². The molecular formula is C22H27NO3. The van der Waals surface area contributed by atoms with Gasteiger partial charge in [0.25, 0.3) is 0 Å². The van der Waals surface area contributed by atoms with E-state index in [4.69, 9.17) is 9.47 Å². The van der Waals surface area contributed by atoms with Gasteiger partial charge in [-0.3, -0.25) is 0 Å². The summed E-state index contributed by atoms with van der Waals surface area (Å²) in [5.74, 6) is 1.00. The molecule has 1 aromatic carbocycles. The molecular weight excluding hydrogens is 326 g/mol. The molecule has 0 N–H and O–H groups in total. The third kappa shape index (κ3) is 2.66. The summed E-state index contributed by atoms with van der Waals surface area (Å²) in [4.78, 5) is 12.5. The van der Waals surface area contributed by atoms with Crippen molar-refractivity contribution in [2.24, 2.45) is 5.92 Å². The summed E-state index contributed by atoms with van der Waals surface area (Å²) < 4.78 is 13.5. The Morgan fingerprint density at radius 1 is 1.35 bits per heavy atom. The number of aromatic nitrogens is 1. The van der Waals surface area contributed by atoms with E-state index in [9.17, 15) is 4.79 Å². The Morgan fingerprint density at radius 3 is 2.85 bits per heavy atom. The van der Waals surface area contributed by atoms with Gasteiger partial charge in [0.2, 0.25) is 0 Å². The lowest BCUT2D eigenvalue weighted by molar-refractivity contribution is -0.0132. The van der Waals surface area contributed by atoms with E-state index in [1.165, 1.54) is 29.3 Å². The number of hydrogen-bond acceptors (Lipinski definition) is 3. The van der Waals surface area contributed by atoms with E-state index in [2.05, 4.69) is 29.7 Å². The molecule has 2 aliphatic carbocycles. The van der Waals surface area contributed by atoms with Crippen LogP contribution in [-0.4, -0.2) is 29.4 Å². The number of benzene rings is 1. The smallest absolute Gasteiger partial charge is 0.354 e. The number of ether oxygens (including phenoxy) is 2. The molecule has 5 rings (SSSR count). The van der Waals surface area contributed by atoms with Crippen molar-refractivity contribution in [3.05, 3.63) is 35.5 Å². The number of carbonyl (C=O) groups is 1. The zero-order valence-electron chi connectivity index (χ0n) is 15.7. The van der Waals surface area contributed by atoms with Gasteiger partial charge in [0.15, 0.2) is 0 Å². The molecule has 3 atom stereocenters. The molecule has 3 unspecified atom stereocenters. The Balaban J connectivity index is 1.53. The van der Waals surface area contributed by atoms with Crippen LogP contribution in [0.4, 0.5) is 0 Å². The van der Waals surface area contributed by atoms with Crippen LogP contribution >= 0.6 is 0 Å². The average Bonchev–Trinajstić information content (AvgIpc) is 3.52. The molecule has 1 saturated heterocycles. The van der Waals surface area contributed by atoms with Gasteiger partial charge in [0.05, 0.1) is 12.2 Å². The molecule has 4 nitrogen and oxygen atoms in total. The van der Waals surface area contributed by atoms with Crippen LogP contribution in [-0.2, 0) is 9.47 Å². The van der Waals surface area contributed by atoms with E-state index >= 15 is 0 Å². The molecule has 2 saturated carbocycles. The molecule has 1 spiro atoms. The second kappa shape index (κ2) is 5.85. The topological polar surface area (TPSA) is 40.5 Å². The lowest BCUT2D eigenvalue weighted by Gasteiger charge is -2.30. The van der Waals surface area contributed by atoms with E-state index in [1.54, 1.807) is 0 Å². The first-order chi connectivity index (χ1) is 12.6. The summed E-state index contributed by atoms with van der Waals surface area (Å²) in [7, 11) is 0. The summed E-state index contributed by atoms with van der Waals surface area (Å²) in [6.07, 6.45) is 5.81. The second-order valence-corrected chi connectivity index (χ2v) is 8.44. The van der Waals surface area contributed by atoms with Gasteiger partial charge >= 0.3 is 5.97 Å². The lowest BCUT2D eigenvalue weighted by Crippen LogP contribution is -2.25. The van der Waals surface area contributed by atoms with Crippen LogP contribution in [0.5, 0.6) is 0 Å². The lowest BCUT2D eigenvalue weighted by atomic mass is 9.87. The van der Waals surface area contributed by atoms with Crippen LogP contribution in [0.25, 0.3) is 10.9 Å². The molecule has 0 radical (unpaired) electrons. The van der Waals surface area contributed by atoms with Crippen molar-refractivity contribution in [3.8, 4) is 0 Å². The maximum Gasteiger partial charge on any atom is 0.354 e. The largest absolute Gasteiger partial charge is 0.461 e. The maximum atomic E-state index is 12.5. The zero-order valence-corrected chi connectivity index (χ0v) is 15.7. The number of carbonyl (C=O) groups excluding carboxylic acids is 1. The van der Waals surface area contributed by atoms with E-state index in [0.29, 0.717) is 30.2 Å². The minimum absolute atomic E-state index is 0.184. The Labute approximate surface area is 154 Å². The number of rotatable bonds is 4. The van der Waals surface area contributed by atoms with Crippen LogP contribution < -0.4 is 0 Å². The van der Waals surface area contributed by atoms with Crippen molar-refractivity contribution in [1.29, 1.82) is 0 Å². The SMILES string of the molecule is CCOC(=O)c1cc2cc(C3CCOC4(CC4)C3)ccc2n1C1CC1C. The van der Waals surface area contributed by atoms with E-state index in [-0.39, 0.29) is 11.6 Å². The van der Waals surface area contributed by atoms with Crippen molar-refractivity contribution >= 4 is 16.9 Å². The molecule has 3 aliphatic rings. The quantitative estimate of drug-likeness (QED) is 0.740. The van der Waals surface area contributed by atoms with Gasteiger partial charge < -0.3 is 14.0 Å². The van der Waals surface area contributed by atoms with Crippen molar-refractivity contribution in [1.82, 2.24) is 4.57 Å². The minimum Gasteiger partial charge on any atom is -0.461 e. The van der Waals surface area contributed by atoms with Crippen molar-refractivity contribution in [2.75, 3.05) is 13.2 Å². The molecule has 3 fully saturated rings. The second-order valence-electron chi connectivity index (χ2n) is 8.44. The van der Waals surface area contributed by atoms with Crippen LogP contribution in [0.1, 0.15) is 74.0 Å². The van der Waals surface area contributed by atoms with Crippen LogP contribution in [0, 0.1) is 5.92 Å². The van der Waals surface area contributed by atoms with Crippen molar-refractivity contribution < 1.29 is 14.3 Å². The fourth-order valence-corrected chi connectivity index (χ4v) is 4.69. The first kappa shape index (κ1) is 16.4. The molecule has 2 aromatic rings. The molecule has 2 heterocycles. The molecule has 138 valence electrons. The summed E-state index contributed by atoms with van der Waals surface area (Å²) in [6.45, 7) is 5.39. The average molecular weight is 353 g/mol. The van der Waals surface area contributed by atoms with Gasteiger partial charge in [0, 0.05) is 23.6 Å². The Bertz CT molecular complexity index is 864. The molecule has 4 heteroatoms. The van der Waals surface area contributed by atoms with Crippen LogP contribution in [0.2, 0.25) is 0 Å². The van der Waals surface area contributed by atoms with Gasteiger partial charge in [-0.05, 0) is 74.6 Å². The predicted octanol–water partition coefficient (Wildman–Crippen LogP) is 4.83. The Hall–Kier alpha value is -1.81. The van der Waals surface area contributed by atoms with Gasteiger partial charge in [-0.15, -0.1) is 0 Å². The fourth-order valence-electron chi connectivity index (χ4n) is 4.69. The Morgan fingerprint density at radius 2 is 2.15 bits per heavy atom. The predicted molar refractivity (Wildman–Crippen MR) is 101 cm³/mol. The standard InChI is InChI=1S/C22H27NO3/c1-3-25-21(24)20-12-17-11-15(16-6-9-26-22(13-16)7-8-22)4-5-18(17)23(20)19-10-14(19)2/h4-5,11-12,14,16,19H,3,6-10,13H2,1-2H3. The van der Waals surface area contributed by atoms with Gasteiger partial charge in [-0.2, -0.15) is 0 Å². The molecule has 0 amide bonds. The van der Waals surface area contributed by atoms with Gasteiger partial charge in [0.1, 0.15) is 5.69 Å². The van der Waals surface area contributed by atoms with Gasteiger partial charge in [-0.1, -0.05) is 13.0 Å². The summed E-state index contributed by atoms with van der Waals surface area (Å²) in [6, 6.07) is 9.25. The maximum absolute atomic E-state index is 12.5. The first-order valence-electron chi connectivity index (χ1n) is 10.1. The van der Waals surface area contributed by atoms with Crippen molar-refractivity contribution in [3.63, 3.8) is 0 Å². The highest BCUT2D eigenvalue weighted by molar-refractivity contribution is 5.96. The minimum atomic E-state index is -0.202. The third-order valence-corrected chi connectivity index (χ3v) is 6.52. The molecule has 1 aliphatic heterocycles. The number of esters is 1. The summed E-state index contributed by atoms with van der Waals surface area (Å²) in [5, 5.41) is 1.17. The summed E-state index contributed by atoms with van der Waals surface area (Å²) in [5.41, 5.74) is 3.45. The number of fused-ring (bicyclic) bond motifs is 1. The fraction of sp³-hybridized carbons (Fsp3) is 0.591. The highest BCUT2D eigenvalue weighted by atomic mass is 16.5. The van der Waals surface area contributed by atoms with Crippen LogP contribution in [0.15, 0.2) is 24.3 Å². The monoisotopic (exact) mass is 353 g/mol. The highest BCUT2D eigenvalue weighted by Gasteiger charge is 2.48. The van der Waals surface area contributed by atoms with E-state index < -0.39 is 0 Å². The number of hydrogen-bond donors (Lipinski definition) is 0. The third-order valence-electron chi connectivity index (χ3n) is 6.52. The van der Waals surface area contributed by atoms with Crippen LogP contribution in [0.3, 0.4) is 0 Å². The van der Waals surface area contributed by atoms with Crippen molar-refractivity contribution in [2.45, 2.75) is 63.5 Å². The molecule has 0 bridgehead atoms. The zero-order chi connectivity index (χ0) is 17.9. The van der Waals surface area contributed by atoms with Gasteiger partial charge in [-0.25, -0.2) is 4.79 Å². The normalized spacial score (nSPS) is 29.1. The Kier molecular flexibility index (Phi) is 3.68. The number of nitrogens with zero attached hydrogens (tertiary/aromatic N) is 1. The summed E-state index contributed by atoms with van der Waals surface area (Å²) >= 11 is 0. The molecule has 26 heavy (non-hydrogen) atoms. The highest BCUT2D eigenvalue weighted by Crippen LogP contribution is 2.51. The first-order valence-corrected chi connectivity index (χ1v) is 10.1. The molecule has 1 aromatic heterocycles.